The first-order chi connectivity index (χ1) is 10.0. The molecular weight excluding hydrogens is 288 g/mol. The summed E-state index contributed by atoms with van der Waals surface area (Å²) in [6, 6.07) is 11.0. The van der Waals surface area contributed by atoms with E-state index in [9.17, 15) is 0 Å². The van der Waals surface area contributed by atoms with Crippen molar-refractivity contribution in [2.45, 2.75) is 13.5 Å². The Morgan fingerprint density at radius 2 is 1.95 bits per heavy atom. The maximum atomic E-state index is 7.43. The number of amidine groups is 1. The molecule has 0 saturated heterocycles. The van der Waals surface area contributed by atoms with E-state index >= 15 is 0 Å². The van der Waals surface area contributed by atoms with E-state index in [-0.39, 0.29) is 5.84 Å². The van der Waals surface area contributed by atoms with Crippen LogP contribution < -0.4 is 15.2 Å². The van der Waals surface area contributed by atoms with Gasteiger partial charge in [-0.25, -0.2) is 0 Å². The number of rotatable bonds is 5. The van der Waals surface area contributed by atoms with Gasteiger partial charge in [0.2, 0.25) is 0 Å². The fourth-order valence-corrected chi connectivity index (χ4v) is 2.17. The van der Waals surface area contributed by atoms with E-state index in [1.54, 1.807) is 25.3 Å². The van der Waals surface area contributed by atoms with Crippen molar-refractivity contribution in [3.05, 3.63) is 58.1 Å². The van der Waals surface area contributed by atoms with Gasteiger partial charge in [-0.2, -0.15) is 0 Å². The van der Waals surface area contributed by atoms with Gasteiger partial charge >= 0.3 is 0 Å². The molecule has 2 rings (SSSR count). The van der Waals surface area contributed by atoms with Crippen molar-refractivity contribution in [2.24, 2.45) is 5.73 Å². The Morgan fingerprint density at radius 1 is 1.19 bits per heavy atom. The molecule has 4 nitrogen and oxygen atoms in total. The van der Waals surface area contributed by atoms with Gasteiger partial charge in [0.05, 0.1) is 7.11 Å². The highest BCUT2D eigenvalue weighted by atomic mass is 35.5. The number of nitrogens with one attached hydrogen (secondary N) is 1. The van der Waals surface area contributed by atoms with Crippen LogP contribution in [0.5, 0.6) is 11.5 Å². The molecule has 0 fully saturated rings. The molecule has 110 valence electrons. The Morgan fingerprint density at radius 3 is 2.57 bits per heavy atom. The van der Waals surface area contributed by atoms with Crippen LogP contribution in [0.3, 0.4) is 0 Å². The van der Waals surface area contributed by atoms with Gasteiger partial charge in [-0.1, -0.05) is 23.7 Å². The zero-order valence-corrected chi connectivity index (χ0v) is 12.7. The Labute approximate surface area is 129 Å². The summed E-state index contributed by atoms with van der Waals surface area (Å²) in [7, 11) is 1.55. The van der Waals surface area contributed by atoms with Gasteiger partial charge in [0.15, 0.2) is 11.5 Å². The third-order valence-corrected chi connectivity index (χ3v) is 3.42. The fourth-order valence-electron chi connectivity index (χ4n) is 1.88. The van der Waals surface area contributed by atoms with Crippen LogP contribution in [0.1, 0.15) is 16.7 Å². The Hall–Kier alpha value is -2.20. The summed E-state index contributed by atoms with van der Waals surface area (Å²) in [5.74, 6) is 1.10. The van der Waals surface area contributed by atoms with E-state index in [2.05, 4.69) is 0 Å². The predicted molar refractivity (Wildman–Crippen MR) is 84.5 cm³/mol. The van der Waals surface area contributed by atoms with Crippen molar-refractivity contribution in [1.82, 2.24) is 0 Å². The SMILES string of the molecule is COc1cc(C(=N)N)ccc1OCc1ccc(C)cc1Cl. The van der Waals surface area contributed by atoms with Gasteiger partial charge < -0.3 is 15.2 Å². The average molecular weight is 305 g/mol. The number of benzene rings is 2. The molecule has 0 aliphatic rings. The molecule has 2 aromatic rings. The topological polar surface area (TPSA) is 68.3 Å². The van der Waals surface area contributed by atoms with Crippen molar-refractivity contribution in [1.29, 1.82) is 5.41 Å². The largest absolute Gasteiger partial charge is 0.493 e. The van der Waals surface area contributed by atoms with Crippen molar-refractivity contribution in [3.8, 4) is 11.5 Å². The predicted octanol–water partition coefficient (Wildman–Crippen LogP) is 3.52. The van der Waals surface area contributed by atoms with Crippen molar-refractivity contribution in [2.75, 3.05) is 7.11 Å². The lowest BCUT2D eigenvalue weighted by atomic mass is 10.1. The number of hydrogen-bond donors (Lipinski definition) is 2. The first-order valence-corrected chi connectivity index (χ1v) is 6.79. The van der Waals surface area contributed by atoms with Gasteiger partial charge in [0, 0.05) is 16.1 Å². The summed E-state index contributed by atoms with van der Waals surface area (Å²) in [4.78, 5) is 0. The molecule has 0 spiro atoms. The molecule has 5 heteroatoms. The first kappa shape index (κ1) is 15.2. The van der Waals surface area contributed by atoms with Crippen LogP contribution in [0.25, 0.3) is 0 Å². The van der Waals surface area contributed by atoms with Crippen LogP contribution in [0.4, 0.5) is 0 Å². The molecular formula is C16H17ClN2O2. The van der Waals surface area contributed by atoms with E-state index in [1.807, 2.05) is 25.1 Å². The van der Waals surface area contributed by atoms with E-state index in [4.69, 9.17) is 32.2 Å². The Bertz CT molecular complexity index is 671. The van der Waals surface area contributed by atoms with Crippen molar-refractivity contribution < 1.29 is 9.47 Å². The minimum absolute atomic E-state index is 0.0126. The van der Waals surface area contributed by atoms with Crippen LogP contribution >= 0.6 is 11.6 Å². The normalized spacial score (nSPS) is 10.2. The third-order valence-electron chi connectivity index (χ3n) is 3.07. The van der Waals surface area contributed by atoms with Crippen molar-refractivity contribution >= 4 is 17.4 Å². The van der Waals surface area contributed by atoms with Gasteiger partial charge in [-0.3, -0.25) is 5.41 Å². The summed E-state index contributed by atoms with van der Waals surface area (Å²) in [5, 5.41) is 8.10. The summed E-state index contributed by atoms with van der Waals surface area (Å²) in [5.41, 5.74) is 8.05. The minimum Gasteiger partial charge on any atom is -0.493 e. The van der Waals surface area contributed by atoms with Gasteiger partial charge in [0.1, 0.15) is 12.4 Å². The molecule has 3 N–H and O–H groups in total. The lowest BCUT2D eigenvalue weighted by Crippen LogP contribution is -2.11. The van der Waals surface area contributed by atoms with Gasteiger partial charge in [-0.15, -0.1) is 0 Å². The number of methoxy groups -OCH3 is 1. The third kappa shape index (κ3) is 3.67. The molecule has 0 aliphatic carbocycles. The Balaban J connectivity index is 2.17. The van der Waals surface area contributed by atoms with E-state index in [0.29, 0.717) is 28.7 Å². The minimum atomic E-state index is -0.0126. The zero-order chi connectivity index (χ0) is 15.4. The standard InChI is InChI=1S/C16H17ClN2O2/c1-10-3-4-12(13(17)7-10)9-21-14-6-5-11(16(18)19)8-15(14)20-2/h3-8H,9H2,1-2H3,(H3,18,19). The molecule has 2 aromatic carbocycles. The highest BCUT2D eigenvalue weighted by Crippen LogP contribution is 2.29. The molecule has 0 amide bonds. The van der Waals surface area contributed by atoms with E-state index in [0.717, 1.165) is 11.1 Å². The number of hydrogen-bond acceptors (Lipinski definition) is 3. The summed E-state index contributed by atoms with van der Waals surface area (Å²) in [6.45, 7) is 2.33. The molecule has 0 radical (unpaired) electrons. The van der Waals surface area contributed by atoms with E-state index < -0.39 is 0 Å². The summed E-state index contributed by atoms with van der Waals surface area (Å²) in [6.07, 6.45) is 0. The summed E-state index contributed by atoms with van der Waals surface area (Å²) >= 11 is 6.18. The second-order valence-electron chi connectivity index (χ2n) is 4.66. The van der Waals surface area contributed by atoms with Crippen LogP contribution in [-0.4, -0.2) is 12.9 Å². The molecule has 0 aromatic heterocycles. The maximum absolute atomic E-state index is 7.43. The molecule has 0 unspecified atom stereocenters. The molecule has 0 bridgehead atoms. The second-order valence-corrected chi connectivity index (χ2v) is 5.07. The smallest absolute Gasteiger partial charge is 0.161 e. The monoisotopic (exact) mass is 304 g/mol. The highest BCUT2D eigenvalue weighted by Gasteiger charge is 2.09. The van der Waals surface area contributed by atoms with Gasteiger partial charge in [-0.05, 0) is 36.8 Å². The second kappa shape index (κ2) is 6.50. The number of ether oxygens (including phenoxy) is 2. The molecule has 0 aliphatic heterocycles. The average Bonchev–Trinajstić information content (AvgIpc) is 2.46. The van der Waals surface area contributed by atoms with Crippen LogP contribution in [0.15, 0.2) is 36.4 Å². The zero-order valence-electron chi connectivity index (χ0n) is 11.9. The quantitative estimate of drug-likeness (QED) is 0.656. The molecule has 0 saturated carbocycles. The van der Waals surface area contributed by atoms with E-state index in [1.165, 1.54) is 0 Å². The highest BCUT2D eigenvalue weighted by molar-refractivity contribution is 6.31. The molecule has 21 heavy (non-hydrogen) atoms. The maximum Gasteiger partial charge on any atom is 0.161 e. The number of aryl methyl sites for hydroxylation is 1. The fraction of sp³-hybridized carbons (Fsp3) is 0.188. The number of nitrogens with two attached hydrogens (primary N) is 1. The van der Waals surface area contributed by atoms with Crippen LogP contribution in [0.2, 0.25) is 5.02 Å². The van der Waals surface area contributed by atoms with Crippen molar-refractivity contribution in [3.63, 3.8) is 0 Å². The molecule has 0 atom stereocenters. The number of nitrogen functional groups attached to an aromatic ring is 1. The van der Waals surface area contributed by atoms with Gasteiger partial charge in [0.25, 0.3) is 0 Å². The van der Waals surface area contributed by atoms with Crippen LogP contribution in [0, 0.1) is 12.3 Å². The lowest BCUT2D eigenvalue weighted by Gasteiger charge is -2.13. The lowest BCUT2D eigenvalue weighted by molar-refractivity contribution is 0.284. The Kier molecular flexibility index (Phi) is 4.70. The molecule has 0 heterocycles. The number of halogens is 1. The summed E-state index contributed by atoms with van der Waals surface area (Å²) < 4.78 is 11.0. The van der Waals surface area contributed by atoms with Crippen LogP contribution in [-0.2, 0) is 6.61 Å². The first-order valence-electron chi connectivity index (χ1n) is 6.41.